The number of hydrogen-bond donors (Lipinski definition) is 0. The molecule has 2 aliphatic carbocycles. The zero-order chi connectivity index (χ0) is 15.5. The Morgan fingerprint density at radius 1 is 1.48 bits per heavy atom. The molecule has 0 aromatic heterocycles. The Hall–Kier alpha value is -1.78. The van der Waals surface area contributed by atoms with E-state index in [2.05, 4.69) is 0 Å². The fourth-order valence-electron chi connectivity index (χ4n) is 3.88. The van der Waals surface area contributed by atoms with E-state index in [9.17, 15) is 22.8 Å². The number of esters is 2. The highest BCUT2D eigenvalue weighted by molar-refractivity contribution is 5.78. The zero-order valence-electron chi connectivity index (χ0n) is 11.0. The first-order chi connectivity index (χ1) is 9.75. The third-order valence-electron chi connectivity index (χ3n) is 4.72. The van der Waals surface area contributed by atoms with E-state index < -0.39 is 59.9 Å². The fourth-order valence-corrected chi connectivity index (χ4v) is 3.88. The molecule has 7 unspecified atom stereocenters. The SMILES string of the molecule is CC(C#N)C(=O)OC1C2CC3C1OC(=O)C3C2C(F)(F)F. The lowest BCUT2D eigenvalue weighted by Gasteiger charge is -2.32. The van der Waals surface area contributed by atoms with Gasteiger partial charge < -0.3 is 9.47 Å². The molecule has 2 bridgehead atoms. The Morgan fingerprint density at radius 2 is 2.14 bits per heavy atom. The Bertz CT molecular complexity index is 541. The average molecular weight is 303 g/mol. The molecular weight excluding hydrogens is 291 g/mol. The smallest absolute Gasteiger partial charge is 0.393 e. The Balaban J connectivity index is 1.86. The molecule has 114 valence electrons. The lowest BCUT2D eigenvalue weighted by molar-refractivity contribution is -0.212. The van der Waals surface area contributed by atoms with Crippen LogP contribution in [0, 0.1) is 40.9 Å². The van der Waals surface area contributed by atoms with Crippen molar-refractivity contribution in [3.63, 3.8) is 0 Å². The number of halogens is 3. The van der Waals surface area contributed by atoms with Crippen molar-refractivity contribution < 1.29 is 32.2 Å². The van der Waals surface area contributed by atoms with E-state index in [4.69, 9.17) is 14.7 Å². The zero-order valence-corrected chi connectivity index (χ0v) is 11.0. The Labute approximate surface area is 118 Å². The largest absolute Gasteiger partial charge is 0.458 e. The van der Waals surface area contributed by atoms with Crippen molar-refractivity contribution in [3.8, 4) is 6.07 Å². The van der Waals surface area contributed by atoms with Crippen molar-refractivity contribution in [3.05, 3.63) is 0 Å². The van der Waals surface area contributed by atoms with Gasteiger partial charge in [0.15, 0.2) is 0 Å². The second kappa shape index (κ2) is 4.36. The molecule has 5 nitrogen and oxygen atoms in total. The van der Waals surface area contributed by atoms with Gasteiger partial charge in [0.2, 0.25) is 0 Å². The van der Waals surface area contributed by atoms with Gasteiger partial charge in [0.05, 0.1) is 17.9 Å². The van der Waals surface area contributed by atoms with E-state index in [1.807, 2.05) is 0 Å². The molecule has 3 aliphatic rings. The van der Waals surface area contributed by atoms with Crippen molar-refractivity contribution >= 4 is 11.9 Å². The molecule has 0 aromatic carbocycles. The molecule has 8 heteroatoms. The molecule has 21 heavy (non-hydrogen) atoms. The van der Waals surface area contributed by atoms with Crippen LogP contribution in [0.5, 0.6) is 0 Å². The van der Waals surface area contributed by atoms with Crippen molar-refractivity contribution in [2.75, 3.05) is 0 Å². The third-order valence-corrected chi connectivity index (χ3v) is 4.72. The van der Waals surface area contributed by atoms with Crippen LogP contribution in [0.4, 0.5) is 13.2 Å². The molecule has 1 aliphatic heterocycles. The second-order valence-corrected chi connectivity index (χ2v) is 5.81. The lowest BCUT2D eigenvalue weighted by Crippen LogP contribution is -2.46. The van der Waals surface area contributed by atoms with Crippen molar-refractivity contribution in [2.24, 2.45) is 29.6 Å². The molecule has 0 aromatic rings. The summed E-state index contributed by atoms with van der Waals surface area (Å²) in [5, 5.41) is 8.65. The second-order valence-electron chi connectivity index (χ2n) is 5.81. The van der Waals surface area contributed by atoms with Crippen LogP contribution in [-0.4, -0.2) is 30.3 Å². The molecule has 0 N–H and O–H groups in total. The first-order valence-electron chi connectivity index (χ1n) is 6.63. The number of hydrogen-bond acceptors (Lipinski definition) is 5. The van der Waals surface area contributed by atoms with Gasteiger partial charge in [-0.1, -0.05) is 0 Å². The summed E-state index contributed by atoms with van der Waals surface area (Å²) in [5.41, 5.74) is 0. The molecule has 0 spiro atoms. The van der Waals surface area contributed by atoms with Crippen LogP contribution in [0.3, 0.4) is 0 Å². The summed E-state index contributed by atoms with van der Waals surface area (Å²) in [6, 6.07) is 1.67. The van der Waals surface area contributed by atoms with Crippen LogP contribution in [0.2, 0.25) is 0 Å². The molecule has 0 amide bonds. The highest BCUT2D eigenvalue weighted by atomic mass is 19.4. The van der Waals surface area contributed by atoms with E-state index in [1.54, 1.807) is 6.07 Å². The fraction of sp³-hybridized carbons (Fsp3) is 0.769. The number of fused-ring (bicyclic) bond motifs is 1. The van der Waals surface area contributed by atoms with E-state index in [0.29, 0.717) is 0 Å². The Kier molecular flexibility index (Phi) is 2.94. The van der Waals surface area contributed by atoms with Gasteiger partial charge in [0.1, 0.15) is 18.1 Å². The predicted octanol–water partition coefficient (Wildman–Crippen LogP) is 1.43. The van der Waals surface area contributed by atoms with Gasteiger partial charge in [0.25, 0.3) is 0 Å². The normalized spacial score (nSPS) is 41.6. The van der Waals surface area contributed by atoms with Gasteiger partial charge in [-0.2, -0.15) is 18.4 Å². The first-order valence-corrected chi connectivity index (χ1v) is 6.63. The van der Waals surface area contributed by atoms with Gasteiger partial charge in [-0.05, 0) is 13.3 Å². The quantitative estimate of drug-likeness (QED) is 0.721. The average Bonchev–Trinajstić information content (AvgIpc) is 2.99. The van der Waals surface area contributed by atoms with Crippen LogP contribution >= 0.6 is 0 Å². The maximum atomic E-state index is 13.2. The highest BCUT2D eigenvalue weighted by Crippen LogP contribution is 2.62. The van der Waals surface area contributed by atoms with E-state index in [0.717, 1.165) is 0 Å². The summed E-state index contributed by atoms with van der Waals surface area (Å²) in [5.74, 6) is -7.33. The topological polar surface area (TPSA) is 76.4 Å². The van der Waals surface area contributed by atoms with Crippen LogP contribution < -0.4 is 0 Å². The Morgan fingerprint density at radius 3 is 2.71 bits per heavy atom. The summed E-state index contributed by atoms with van der Waals surface area (Å²) in [4.78, 5) is 23.3. The van der Waals surface area contributed by atoms with E-state index in [1.165, 1.54) is 6.92 Å². The van der Waals surface area contributed by atoms with Gasteiger partial charge in [0, 0.05) is 11.8 Å². The minimum absolute atomic E-state index is 0.157. The third kappa shape index (κ3) is 1.90. The van der Waals surface area contributed by atoms with Crippen molar-refractivity contribution in [2.45, 2.75) is 31.7 Å². The monoisotopic (exact) mass is 303 g/mol. The van der Waals surface area contributed by atoms with E-state index >= 15 is 0 Å². The maximum Gasteiger partial charge on any atom is 0.393 e. The van der Waals surface area contributed by atoms with Gasteiger partial charge in [-0.25, -0.2) is 0 Å². The summed E-state index contributed by atoms with van der Waals surface area (Å²) in [7, 11) is 0. The van der Waals surface area contributed by atoms with Gasteiger partial charge in [-0.15, -0.1) is 0 Å². The maximum absolute atomic E-state index is 13.2. The summed E-state index contributed by atoms with van der Waals surface area (Å²) in [6.07, 6.45) is -6.29. The number of carbonyl (C=O) groups excluding carboxylic acids is 2. The summed E-state index contributed by atoms with van der Waals surface area (Å²) in [6.45, 7) is 1.31. The number of nitriles is 1. The van der Waals surface area contributed by atoms with Crippen LogP contribution in [0.15, 0.2) is 0 Å². The molecule has 1 heterocycles. The molecule has 7 atom stereocenters. The van der Waals surface area contributed by atoms with Crippen molar-refractivity contribution in [1.82, 2.24) is 0 Å². The molecule has 3 fully saturated rings. The molecule has 0 radical (unpaired) electrons. The standard InChI is InChI=1S/C13H12F3NO4/c1-4(3-17)11(18)20-10-6-2-5-7(8(6)13(14,15)16)12(19)21-9(5)10/h4-10H,2H2,1H3. The summed E-state index contributed by atoms with van der Waals surface area (Å²) < 4.78 is 49.6. The van der Waals surface area contributed by atoms with Gasteiger partial charge >= 0.3 is 18.1 Å². The minimum Gasteiger partial charge on any atom is -0.458 e. The number of carbonyl (C=O) groups is 2. The molecule has 2 saturated carbocycles. The lowest BCUT2D eigenvalue weighted by atomic mass is 9.78. The van der Waals surface area contributed by atoms with E-state index in [-0.39, 0.29) is 6.42 Å². The first kappa shape index (κ1) is 14.2. The molecule has 3 rings (SSSR count). The predicted molar refractivity (Wildman–Crippen MR) is 59.2 cm³/mol. The number of rotatable bonds is 2. The van der Waals surface area contributed by atoms with Crippen LogP contribution in [0.25, 0.3) is 0 Å². The number of ether oxygens (including phenoxy) is 2. The van der Waals surface area contributed by atoms with Crippen molar-refractivity contribution in [1.29, 1.82) is 5.26 Å². The van der Waals surface area contributed by atoms with Crippen LogP contribution in [-0.2, 0) is 19.1 Å². The molecule has 1 saturated heterocycles. The highest BCUT2D eigenvalue weighted by Gasteiger charge is 2.73. The minimum atomic E-state index is -4.54. The number of alkyl halides is 3. The summed E-state index contributed by atoms with van der Waals surface area (Å²) >= 11 is 0. The number of nitrogens with zero attached hydrogens (tertiary/aromatic N) is 1. The molecular formula is C13H12F3NO4. The van der Waals surface area contributed by atoms with Gasteiger partial charge in [-0.3, -0.25) is 9.59 Å². The van der Waals surface area contributed by atoms with Crippen LogP contribution in [0.1, 0.15) is 13.3 Å².